The van der Waals surface area contributed by atoms with E-state index in [-0.39, 0.29) is 11.1 Å². The van der Waals surface area contributed by atoms with E-state index in [4.69, 9.17) is 28.9 Å². The van der Waals surface area contributed by atoms with Crippen LogP contribution < -0.4 is 11.1 Å². The molecule has 0 radical (unpaired) electrons. The summed E-state index contributed by atoms with van der Waals surface area (Å²) < 4.78 is 27.3. The number of rotatable bonds is 18. The average Bonchev–Trinajstić information content (AvgIpc) is 3.93. The molecule has 0 unspecified atom stereocenters. The predicted molar refractivity (Wildman–Crippen MR) is 210 cm³/mol. The smallest absolute Gasteiger partial charge is 0.274 e. The van der Waals surface area contributed by atoms with Gasteiger partial charge in [0.1, 0.15) is 30.4 Å². The Kier molecular flexibility index (Phi) is 9.96. The van der Waals surface area contributed by atoms with Crippen molar-refractivity contribution in [3.63, 3.8) is 0 Å². The summed E-state index contributed by atoms with van der Waals surface area (Å²) >= 11 is 4.63. The Bertz CT molecular complexity index is 2440. The SMILES string of the molecule is CCCc1c(CCOCCOCC)sc2nc3c4ccc5c6c(sc(c(=O)n3c12)c46)c(=O)n1c5nc2sc(CCOCCOCC)c(CCC)c21. The molecule has 0 aliphatic carbocycles. The number of hydrogen-bond acceptors (Lipinski definition) is 11. The third-order valence-electron chi connectivity index (χ3n) is 9.61. The van der Waals surface area contributed by atoms with E-state index in [1.165, 1.54) is 32.2 Å². The first-order valence-corrected chi connectivity index (χ1v) is 20.5. The first-order chi connectivity index (χ1) is 25.0. The van der Waals surface area contributed by atoms with Gasteiger partial charge in [-0.3, -0.25) is 18.4 Å². The zero-order chi connectivity index (χ0) is 35.2. The quantitative estimate of drug-likeness (QED) is 0.0653. The molecule has 268 valence electrons. The van der Waals surface area contributed by atoms with Gasteiger partial charge in [-0.2, -0.15) is 0 Å². The first kappa shape index (κ1) is 34.8. The van der Waals surface area contributed by atoms with E-state index in [9.17, 15) is 9.59 Å². The highest BCUT2D eigenvalue weighted by Gasteiger charge is 2.28. The Morgan fingerprint density at radius 2 is 1.00 bits per heavy atom. The number of imidazole rings is 2. The van der Waals surface area contributed by atoms with Crippen LogP contribution in [0.2, 0.25) is 0 Å². The molecule has 8 aromatic rings. The van der Waals surface area contributed by atoms with E-state index in [1.807, 2.05) is 22.6 Å². The molecule has 0 fully saturated rings. The van der Waals surface area contributed by atoms with Gasteiger partial charge in [-0.05, 0) is 49.9 Å². The number of fused-ring (bicyclic) bond motifs is 8. The van der Waals surface area contributed by atoms with Crippen LogP contribution in [0, 0.1) is 0 Å². The molecule has 10 nitrogen and oxygen atoms in total. The standard InChI is InChI=1S/C38H42N4O6S3/c1-5-9-21-25(13-15-47-19-17-45-7-3)49-35-29(21)41-33(39-35)23-11-12-24-28-27(23)31(37(41)43)51-32(28)38(44)42-30-22(10-6-2)26(50-36(30)40-34(24)42)14-16-48-20-18-46-8-4/h11-12H,5-10,13-20H2,1-4H3. The van der Waals surface area contributed by atoms with Crippen LogP contribution >= 0.6 is 34.0 Å². The monoisotopic (exact) mass is 746 g/mol. The zero-order valence-corrected chi connectivity index (χ0v) is 32.0. The number of benzene rings is 1. The summed E-state index contributed by atoms with van der Waals surface area (Å²) in [6, 6.07) is 4.14. The molecule has 8 rings (SSSR count). The lowest BCUT2D eigenvalue weighted by atomic mass is 10.0. The van der Waals surface area contributed by atoms with Crippen LogP contribution in [0.15, 0.2) is 21.7 Å². The van der Waals surface area contributed by atoms with Gasteiger partial charge in [-0.25, -0.2) is 9.97 Å². The Morgan fingerprint density at radius 1 is 0.569 bits per heavy atom. The summed E-state index contributed by atoms with van der Waals surface area (Å²) in [5.41, 5.74) is 5.23. The van der Waals surface area contributed by atoms with Crippen molar-refractivity contribution in [1.82, 2.24) is 18.8 Å². The molecule has 0 aliphatic rings. The summed E-state index contributed by atoms with van der Waals surface area (Å²) in [6.45, 7) is 13.1. The molecule has 0 atom stereocenters. The predicted octanol–water partition coefficient (Wildman–Crippen LogP) is 7.62. The topological polar surface area (TPSA) is 106 Å². The Morgan fingerprint density at radius 3 is 1.41 bits per heavy atom. The normalized spacial score (nSPS) is 12.7. The minimum absolute atomic E-state index is 0.112. The fourth-order valence-electron chi connectivity index (χ4n) is 7.48. The summed E-state index contributed by atoms with van der Waals surface area (Å²) in [7, 11) is 0. The highest BCUT2D eigenvalue weighted by atomic mass is 32.1. The van der Waals surface area contributed by atoms with Crippen molar-refractivity contribution in [1.29, 1.82) is 0 Å². The van der Waals surface area contributed by atoms with Crippen molar-refractivity contribution in [2.45, 2.75) is 66.2 Å². The first-order valence-electron chi connectivity index (χ1n) is 18.1. The fraction of sp³-hybridized carbons (Fsp3) is 0.474. The van der Waals surface area contributed by atoms with Crippen LogP contribution in [0.1, 0.15) is 61.4 Å². The number of nitrogens with zero attached hydrogens (tertiary/aromatic N) is 4. The maximum Gasteiger partial charge on any atom is 0.274 e. The van der Waals surface area contributed by atoms with Crippen LogP contribution in [0.3, 0.4) is 0 Å². The summed E-state index contributed by atoms with van der Waals surface area (Å²) in [5.74, 6) is 0. The lowest BCUT2D eigenvalue weighted by molar-refractivity contribution is 0.0542. The summed E-state index contributed by atoms with van der Waals surface area (Å²) in [5, 5.41) is 3.44. The molecule has 0 bridgehead atoms. The number of thiophene rings is 3. The Balaban J connectivity index is 1.26. The minimum atomic E-state index is -0.112. The van der Waals surface area contributed by atoms with Gasteiger partial charge in [0.2, 0.25) is 0 Å². The molecule has 13 heteroatoms. The Hall–Kier alpha value is -3.30. The van der Waals surface area contributed by atoms with Crippen molar-refractivity contribution < 1.29 is 18.9 Å². The number of pyridine rings is 2. The van der Waals surface area contributed by atoms with Gasteiger partial charge >= 0.3 is 0 Å². The number of ether oxygens (including phenoxy) is 4. The maximum atomic E-state index is 14.6. The van der Waals surface area contributed by atoms with Gasteiger partial charge in [0.25, 0.3) is 11.1 Å². The van der Waals surface area contributed by atoms with Crippen LogP contribution in [0.25, 0.3) is 62.9 Å². The Labute approximate surface area is 306 Å². The lowest BCUT2D eigenvalue weighted by Crippen LogP contribution is -2.13. The van der Waals surface area contributed by atoms with Crippen LogP contribution in [-0.2, 0) is 44.6 Å². The second-order valence-corrected chi connectivity index (χ2v) is 15.9. The van der Waals surface area contributed by atoms with Gasteiger partial charge in [0.15, 0.2) is 0 Å². The van der Waals surface area contributed by atoms with Crippen molar-refractivity contribution >= 4 is 96.9 Å². The van der Waals surface area contributed by atoms with Crippen molar-refractivity contribution in [2.75, 3.05) is 52.9 Å². The van der Waals surface area contributed by atoms with Gasteiger partial charge in [0.05, 0.1) is 50.7 Å². The van der Waals surface area contributed by atoms with Gasteiger partial charge in [-0.15, -0.1) is 34.0 Å². The largest absolute Gasteiger partial charge is 0.379 e. The average molecular weight is 747 g/mol. The molecule has 1 aromatic carbocycles. The number of hydrogen-bond donors (Lipinski definition) is 0. The molecule has 0 N–H and O–H groups in total. The summed E-state index contributed by atoms with van der Waals surface area (Å²) in [4.78, 5) is 43.5. The molecular weight excluding hydrogens is 705 g/mol. The molecule has 0 aliphatic heterocycles. The van der Waals surface area contributed by atoms with Gasteiger partial charge in [-0.1, -0.05) is 26.7 Å². The molecule has 0 saturated heterocycles. The molecule has 7 heterocycles. The second kappa shape index (κ2) is 14.6. The third kappa shape index (κ3) is 5.72. The van der Waals surface area contributed by atoms with Crippen molar-refractivity contribution in [2.24, 2.45) is 0 Å². The van der Waals surface area contributed by atoms with E-state index in [1.54, 1.807) is 22.7 Å². The van der Waals surface area contributed by atoms with Crippen molar-refractivity contribution in [3.05, 3.63) is 53.7 Å². The molecule has 0 amide bonds. The minimum Gasteiger partial charge on any atom is -0.379 e. The highest BCUT2D eigenvalue weighted by molar-refractivity contribution is 7.26. The molecular formula is C38H42N4O6S3. The maximum absolute atomic E-state index is 14.6. The molecule has 0 saturated carbocycles. The highest BCUT2D eigenvalue weighted by Crippen LogP contribution is 2.43. The molecule has 7 aromatic heterocycles. The fourth-order valence-corrected chi connectivity index (χ4v) is 11.0. The van der Waals surface area contributed by atoms with E-state index >= 15 is 0 Å². The third-order valence-corrected chi connectivity index (χ3v) is 13.1. The lowest BCUT2D eigenvalue weighted by Gasteiger charge is -2.08. The number of aromatic nitrogens is 4. The zero-order valence-electron chi connectivity index (χ0n) is 29.5. The van der Waals surface area contributed by atoms with Gasteiger partial charge < -0.3 is 18.9 Å². The van der Waals surface area contributed by atoms with E-state index in [2.05, 4.69) is 26.0 Å². The van der Waals surface area contributed by atoms with E-state index in [0.29, 0.717) is 73.5 Å². The van der Waals surface area contributed by atoms with E-state index in [0.717, 1.165) is 80.8 Å². The van der Waals surface area contributed by atoms with Gasteiger partial charge in [0, 0.05) is 57.4 Å². The number of aryl methyl sites for hydroxylation is 2. The summed E-state index contributed by atoms with van der Waals surface area (Å²) in [6.07, 6.45) is 5.12. The van der Waals surface area contributed by atoms with Crippen LogP contribution in [0.4, 0.5) is 0 Å². The molecule has 0 spiro atoms. The van der Waals surface area contributed by atoms with Crippen LogP contribution in [0.5, 0.6) is 0 Å². The van der Waals surface area contributed by atoms with Crippen LogP contribution in [-0.4, -0.2) is 71.6 Å². The molecule has 51 heavy (non-hydrogen) atoms. The van der Waals surface area contributed by atoms with E-state index < -0.39 is 0 Å². The van der Waals surface area contributed by atoms with Crippen molar-refractivity contribution in [3.8, 4) is 0 Å². The second-order valence-electron chi connectivity index (χ2n) is 12.8.